The summed E-state index contributed by atoms with van der Waals surface area (Å²) >= 11 is 6.08. The van der Waals surface area contributed by atoms with Gasteiger partial charge in [0.25, 0.3) is 5.56 Å². The predicted octanol–water partition coefficient (Wildman–Crippen LogP) is 3.54. The van der Waals surface area contributed by atoms with E-state index in [1.54, 1.807) is 49.4 Å². The van der Waals surface area contributed by atoms with E-state index in [0.29, 0.717) is 27.2 Å². The number of hydrogen-bond acceptors (Lipinski definition) is 5. The van der Waals surface area contributed by atoms with Gasteiger partial charge in [0.05, 0.1) is 12.0 Å². The zero-order valence-corrected chi connectivity index (χ0v) is 17.4. The van der Waals surface area contributed by atoms with Gasteiger partial charge < -0.3 is 19.4 Å². The number of nitrogens with one attached hydrogen (secondary N) is 1. The molecule has 0 bridgehead atoms. The number of halogens is 1. The number of aryl methyl sites for hydroxylation is 1. The van der Waals surface area contributed by atoms with Crippen molar-refractivity contribution in [2.24, 2.45) is 0 Å². The average molecular weight is 429 g/mol. The molecule has 7 nitrogen and oxygen atoms in total. The molecule has 1 amide bonds. The minimum Gasteiger partial charge on any atom is -0.481 e. The van der Waals surface area contributed by atoms with Crippen LogP contribution in [0.1, 0.15) is 12.5 Å². The lowest BCUT2D eigenvalue weighted by Crippen LogP contribution is -2.27. The van der Waals surface area contributed by atoms with Crippen molar-refractivity contribution in [1.29, 1.82) is 0 Å². The molecule has 0 saturated carbocycles. The van der Waals surface area contributed by atoms with Gasteiger partial charge in [-0.15, -0.1) is 0 Å². The maximum absolute atomic E-state index is 12.8. The first-order valence-electron chi connectivity index (χ1n) is 9.35. The molecule has 0 saturated heterocycles. The molecule has 3 aromatic rings. The van der Waals surface area contributed by atoms with Gasteiger partial charge in [-0.2, -0.15) is 0 Å². The average Bonchev–Trinajstić information content (AvgIpc) is 2.71. The van der Waals surface area contributed by atoms with Gasteiger partial charge in [-0.3, -0.25) is 9.59 Å². The third kappa shape index (κ3) is 4.99. The third-order valence-corrected chi connectivity index (χ3v) is 4.81. The van der Waals surface area contributed by atoms with Gasteiger partial charge in [-0.25, -0.2) is 4.79 Å². The van der Waals surface area contributed by atoms with E-state index in [-0.39, 0.29) is 31.2 Å². The highest BCUT2D eigenvalue weighted by Crippen LogP contribution is 2.23. The van der Waals surface area contributed by atoms with Crippen LogP contribution in [0, 0.1) is 6.92 Å². The monoisotopic (exact) mass is 428 g/mol. The highest BCUT2D eigenvalue weighted by atomic mass is 35.5. The lowest BCUT2D eigenvalue weighted by Gasteiger charge is -2.11. The van der Waals surface area contributed by atoms with Crippen molar-refractivity contribution in [2.75, 3.05) is 18.5 Å². The van der Waals surface area contributed by atoms with Crippen LogP contribution in [0.5, 0.6) is 5.75 Å². The fourth-order valence-electron chi connectivity index (χ4n) is 2.90. The number of esters is 1. The van der Waals surface area contributed by atoms with E-state index in [1.807, 2.05) is 6.92 Å². The first kappa shape index (κ1) is 21.4. The molecular formula is C22H21ClN2O5. The Morgan fingerprint density at radius 3 is 2.67 bits per heavy atom. The molecule has 0 unspecified atom stereocenters. The number of benzene rings is 2. The van der Waals surface area contributed by atoms with Gasteiger partial charge in [0.2, 0.25) is 5.91 Å². The molecule has 0 aliphatic rings. The second kappa shape index (κ2) is 9.45. The van der Waals surface area contributed by atoms with Crippen LogP contribution in [-0.2, 0) is 20.9 Å². The Morgan fingerprint density at radius 1 is 1.13 bits per heavy atom. The van der Waals surface area contributed by atoms with Crippen LogP contribution in [0.25, 0.3) is 10.8 Å². The molecule has 156 valence electrons. The van der Waals surface area contributed by atoms with Crippen LogP contribution >= 0.6 is 11.6 Å². The number of rotatable bonds is 7. The highest BCUT2D eigenvalue weighted by molar-refractivity contribution is 6.31. The lowest BCUT2D eigenvalue weighted by atomic mass is 10.1. The molecule has 0 atom stereocenters. The maximum Gasteiger partial charge on any atom is 0.344 e. The molecule has 3 rings (SSSR count). The number of pyridine rings is 1. The summed E-state index contributed by atoms with van der Waals surface area (Å²) in [5, 5.41) is 4.21. The van der Waals surface area contributed by atoms with Crippen LogP contribution in [0.2, 0.25) is 5.02 Å². The Bertz CT molecular complexity index is 1160. The summed E-state index contributed by atoms with van der Waals surface area (Å²) in [6.07, 6.45) is 1.52. The van der Waals surface area contributed by atoms with E-state index < -0.39 is 5.97 Å². The van der Waals surface area contributed by atoms with Gasteiger partial charge in [0.1, 0.15) is 12.3 Å². The normalized spacial score (nSPS) is 10.6. The maximum atomic E-state index is 12.8. The molecule has 8 heteroatoms. The molecule has 0 spiro atoms. The first-order chi connectivity index (χ1) is 14.4. The fourth-order valence-corrected chi connectivity index (χ4v) is 3.09. The number of nitrogens with zero attached hydrogens (tertiary/aromatic N) is 1. The smallest absolute Gasteiger partial charge is 0.344 e. The van der Waals surface area contributed by atoms with E-state index in [2.05, 4.69) is 5.32 Å². The van der Waals surface area contributed by atoms with Crippen molar-refractivity contribution in [2.45, 2.75) is 20.4 Å². The van der Waals surface area contributed by atoms with E-state index in [9.17, 15) is 14.4 Å². The molecule has 30 heavy (non-hydrogen) atoms. The summed E-state index contributed by atoms with van der Waals surface area (Å²) in [5.74, 6) is -0.453. The van der Waals surface area contributed by atoms with Crippen LogP contribution in [0.15, 0.2) is 53.5 Å². The molecule has 0 fully saturated rings. The minimum absolute atomic E-state index is 0.159. The van der Waals surface area contributed by atoms with Gasteiger partial charge in [0, 0.05) is 22.3 Å². The van der Waals surface area contributed by atoms with Crippen molar-refractivity contribution in [1.82, 2.24) is 4.57 Å². The SMILES string of the molecule is CCOC(=O)COc1cccc2c(=O)n(CC(=O)Nc3ccc(C)c(Cl)c3)ccc12. The van der Waals surface area contributed by atoms with Gasteiger partial charge >= 0.3 is 5.97 Å². The lowest BCUT2D eigenvalue weighted by molar-refractivity contribution is -0.145. The first-order valence-corrected chi connectivity index (χ1v) is 9.73. The van der Waals surface area contributed by atoms with Crippen molar-refractivity contribution in [3.05, 3.63) is 69.6 Å². The largest absolute Gasteiger partial charge is 0.481 e. The second-order valence-corrected chi connectivity index (χ2v) is 6.98. The summed E-state index contributed by atoms with van der Waals surface area (Å²) in [6, 6.07) is 11.8. The Morgan fingerprint density at radius 2 is 1.93 bits per heavy atom. The molecule has 1 N–H and O–H groups in total. The fraction of sp³-hybridized carbons (Fsp3) is 0.227. The van der Waals surface area contributed by atoms with Crippen molar-refractivity contribution in [3.8, 4) is 5.75 Å². The minimum atomic E-state index is -0.490. The molecule has 1 aromatic heterocycles. The Hall–Kier alpha value is -3.32. The molecule has 2 aromatic carbocycles. The Labute approximate surface area is 178 Å². The highest BCUT2D eigenvalue weighted by Gasteiger charge is 2.12. The third-order valence-electron chi connectivity index (χ3n) is 4.40. The topological polar surface area (TPSA) is 86.6 Å². The Balaban J connectivity index is 1.78. The molecule has 0 radical (unpaired) electrons. The number of hydrogen-bond donors (Lipinski definition) is 1. The van der Waals surface area contributed by atoms with Gasteiger partial charge in [-0.05, 0) is 49.7 Å². The Kier molecular flexibility index (Phi) is 6.74. The summed E-state index contributed by atoms with van der Waals surface area (Å²) < 4.78 is 11.6. The van der Waals surface area contributed by atoms with Gasteiger partial charge in [-0.1, -0.05) is 23.7 Å². The number of aromatic nitrogens is 1. The predicted molar refractivity (Wildman–Crippen MR) is 115 cm³/mol. The number of carbonyl (C=O) groups is 2. The van der Waals surface area contributed by atoms with Crippen molar-refractivity contribution < 1.29 is 19.1 Å². The van der Waals surface area contributed by atoms with E-state index in [0.717, 1.165) is 5.56 Å². The summed E-state index contributed by atoms with van der Waals surface area (Å²) in [7, 11) is 0. The van der Waals surface area contributed by atoms with Crippen LogP contribution < -0.4 is 15.6 Å². The standard InChI is InChI=1S/C22H21ClN2O5/c1-3-29-21(27)13-30-19-6-4-5-17-16(19)9-10-25(22(17)28)12-20(26)24-15-8-7-14(2)18(23)11-15/h4-11H,3,12-13H2,1-2H3,(H,24,26). The molecular weight excluding hydrogens is 408 g/mol. The number of carbonyl (C=O) groups excluding carboxylic acids is 2. The number of anilines is 1. The van der Waals surface area contributed by atoms with Crippen LogP contribution in [-0.4, -0.2) is 29.7 Å². The number of ether oxygens (including phenoxy) is 2. The summed E-state index contributed by atoms with van der Waals surface area (Å²) in [6.45, 7) is 3.43. The molecule has 0 aliphatic carbocycles. The quantitative estimate of drug-likeness (QED) is 0.581. The second-order valence-electron chi connectivity index (χ2n) is 6.57. The van der Waals surface area contributed by atoms with E-state index in [4.69, 9.17) is 21.1 Å². The zero-order valence-electron chi connectivity index (χ0n) is 16.6. The van der Waals surface area contributed by atoms with Crippen LogP contribution in [0.4, 0.5) is 5.69 Å². The van der Waals surface area contributed by atoms with E-state index in [1.165, 1.54) is 10.8 Å². The van der Waals surface area contributed by atoms with E-state index >= 15 is 0 Å². The zero-order chi connectivity index (χ0) is 21.7. The molecule has 1 heterocycles. The van der Waals surface area contributed by atoms with Crippen molar-refractivity contribution in [3.63, 3.8) is 0 Å². The summed E-state index contributed by atoms with van der Waals surface area (Å²) in [4.78, 5) is 36.7. The van der Waals surface area contributed by atoms with Crippen molar-refractivity contribution >= 4 is 39.9 Å². The number of amides is 1. The summed E-state index contributed by atoms with van der Waals surface area (Å²) in [5.41, 5.74) is 1.12. The van der Waals surface area contributed by atoms with Crippen LogP contribution in [0.3, 0.4) is 0 Å². The number of fused-ring (bicyclic) bond motifs is 1. The van der Waals surface area contributed by atoms with Gasteiger partial charge in [0.15, 0.2) is 6.61 Å². The molecule has 0 aliphatic heterocycles.